The van der Waals surface area contributed by atoms with E-state index in [0.717, 1.165) is 27.2 Å². The van der Waals surface area contributed by atoms with Gasteiger partial charge in [-0.15, -0.1) is 0 Å². The molecule has 0 aromatic heterocycles. The zero-order chi connectivity index (χ0) is 24.4. The van der Waals surface area contributed by atoms with Crippen molar-refractivity contribution in [1.29, 1.82) is 0 Å². The Morgan fingerprint density at radius 1 is 1.09 bits per heavy atom. The normalized spacial score (nSPS) is 20.9. The van der Waals surface area contributed by atoms with Crippen LogP contribution in [0.25, 0.3) is 11.1 Å². The molecule has 4 rings (SSSR count). The number of carbonyl (C=O) groups is 3. The van der Waals surface area contributed by atoms with Crippen LogP contribution < -0.4 is 5.32 Å². The molecule has 1 aliphatic heterocycles. The quantitative estimate of drug-likeness (QED) is 0.578. The van der Waals surface area contributed by atoms with E-state index >= 15 is 0 Å². The number of aliphatic hydroxyl groups is 1. The second kappa shape index (κ2) is 9.85. The maximum atomic E-state index is 13.2. The van der Waals surface area contributed by atoms with Crippen LogP contribution in [0.15, 0.2) is 48.5 Å². The molecular formula is C26H30N2O6. The van der Waals surface area contributed by atoms with Gasteiger partial charge in [-0.25, -0.2) is 9.59 Å². The Morgan fingerprint density at radius 3 is 2.24 bits per heavy atom. The van der Waals surface area contributed by atoms with Crippen molar-refractivity contribution in [2.75, 3.05) is 13.2 Å². The predicted octanol–water partition coefficient (Wildman–Crippen LogP) is 2.99. The van der Waals surface area contributed by atoms with Gasteiger partial charge >= 0.3 is 12.1 Å². The van der Waals surface area contributed by atoms with Crippen molar-refractivity contribution in [3.63, 3.8) is 0 Å². The number of aliphatic hydroxyl groups excluding tert-OH is 1. The van der Waals surface area contributed by atoms with Gasteiger partial charge in [0.15, 0.2) is 0 Å². The summed E-state index contributed by atoms with van der Waals surface area (Å²) in [6.07, 6.45) is -1.07. The number of benzene rings is 2. The number of carbonyl (C=O) groups excluding carboxylic acids is 2. The third-order valence-electron chi connectivity index (χ3n) is 6.94. The molecule has 2 aromatic carbocycles. The molecule has 4 atom stereocenters. The van der Waals surface area contributed by atoms with Crippen LogP contribution in [-0.4, -0.2) is 64.4 Å². The number of rotatable bonds is 7. The average Bonchev–Trinajstić information content (AvgIpc) is 3.38. The fourth-order valence-electron chi connectivity index (χ4n) is 4.92. The van der Waals surface area contributed by atoms with Gasteiger partial charge in [-0.05, 0) is 28.2 Å². The molecule has 0 bridgehead atoms. The van der Waals surface area contributed by atoms with Gasteiger partial charge in [-0.1, -0.05) is 68.8 Å². The van der Waals surface area contributed by atoms with E-state index in [2.05, 4.69) is 17.4 Å². The van der Waals surface area contributed by atoms with Gasteiger partial charge in [0.25, 0.3) is 0 Å². The minimum Gasteiger partial charge on any atom is -0.480 e. The van der Waals surface area contributed by atoms with Gasteiger partial charge in [0.05, 0.1) is 6.10 Å². The molecule has 8 heteroatoms. The van der Waals surface area contributed by atoms with E-state index in [1.807, 2.05) is 50.2 Å². The summed E-state index contributed by atoms with van der Waals surface area (Å²) in [5, 5.41) is 22.0. The van der Waals surface area contributed by atoms with E-state index in [0.29, 0.717) is 6.42 Å². The number of likely N-dealkylation sites (tertiary alicyclic amines) is 1. The van der Waals surface area contributed by atoms with E-state index in [1.165, 1.54) is 0 Å². The number of amides is 2. The lowest BCUT2D eigenvalue weighted by Crippen LogP contribution is -2.54. The monoisotopic (exact) mass is 466 g/mol. The average molecular weight is 467 g/mol. The lowest BCUT2D eigenvalue weighted by atomic mass is 9.97. The van der Waals surface area contributed by atoms with Crippen LogP contribution in [0.2, 0.25) is 0 Å². The summed E-state index contributed by atoms with van der Waals surface area (Å²) < 4.78 is 5.59. The number of aliphatic carboxylic acids is 1. The molecule has 1 heterocycles. The molecule has 0 spiro atoms. The number of carboxylic acids is 1. The van der Waals surface area contributed by atoms with Crippen molar-refractivity contribution in [2.45, 2.75) is 50.8 Å². The summed E-state index contributed by atoms with van der Waals surface area (Å²) in [6.45, 7) is 3.74. The molecule has 1 saturated heterocycles. The van der Waals surface area contributed by atoms with Gasteiger partial charge in [-0.3, -0.25) is 4.79 Å². The zero-order valence-electron chi connectivity index (χ0n) is 19.3. The third kappa shape index (κ3) is 4.50. The molecule has 180 valence electrons. The maximum Gasteiger partial charge on any atom is 0.407 e. The topological polar surface area (TPSA) is 116 Å². The minimum absolute atomic E-state index is 0.0285. The fourth-order valence-corrected chi connectivity index (χ4v) is 4.92. The van der Waals surface area contributed by atoms with Crippen molar-refractivity contribution >= 4 is 18.0 Å². The third-order valence-corrected chi connectivity index (χ3v) is 6.94. The van der Waals surface area contributed by atoms with Gasteiger partial charge in [0.1, 0.15) is 18.7 Å². The van der Waals surface area contributed by atoms with E-state index in [4.69, 9.17) is 4.74 Å². The van der Waals surface area contributed by atoms with Crippen molar-refractivity contribution in [1.82, 2.24) is 10.2 Å². The lowest BCUT2D eigenvalue weighted by Gasteiger charge is -2.30. The van der Waals surface area contributed by atoms with Crippen LogP contribution >= 0.6 is 0 Å². The van der Waals surface area contributed by atoms with Gasteiger partial charge < -0.3 is 25.2 Å². The number of alkyl carbamates (subject to hydrolysis) is 1. The number of nitrogens with zero attached hydrogens (tertiary/aromatic N) is 1. The largest absolute Gasteiger partial charge is 0.480 e. The number of hydrogen-bond acceptors (Lipinski definition) is 5. The first-order valence-corrected chi connectivity index (χ1v) is 11.6. The van der Waals surface area contributed by atoms with Crippen LogP contribution in [0.5, 0.6) is 0 Å². The number of β-amino-alcohol motifs (C(OH)–C–C–N with tert-alkyl or cyclic N) is 1. The van der Waals surface area contributed by atoms with Crippen LogP contribution in [-0.2, 0) is 14.3 Å². The van der Waals surface area contributed by atoms with Crippen molar-refractivity contribution in [2.24, 2.45) is 5.92 Å². The summed E-state index contributed by atoms with van der Waals surface area (Å²) in [4.78, 5) is 38.7. The maximum absolute atomic E-state index is 13.2. The highest BCUT2D eigenvalue weighted by atomic mass is 16.5. The first-order valence-electron chi connectivity index (χ1n) is 11.6. The fraction of sp³-hybridized carbons (Fsp3) is 0.423. The molecule has 0 saturated carbocycles. The van der Waals surface area contributed by atoms with Gasteiger partial charge in [-0.2, -0.15) is 0 Å². The highest BCUT2D eigenvalue weighted by Gasteiger charge is 2.42. The Labute approximate surface area is 198 Å². The van der Waals surface area contributed by atoms with Crippen molar-refractivity contribution < 1.29 is 29.3 Å². The second-order valence-corrected chi connectivity index (χ2v) is 9.07. The molecular weight excluding hydrogens is 436 g/mol. The van der Waals surface area contributed by atoms with Crippen LogP contribution in [0, 0.1) is 5.92 Å². The summed E-state index contributed by atoms with van der Waals surface area (Å²) in [5.41, 5.74) is 4.40. The molecule has 1 fully saturated rings. The highest BCUT2D eigenvalue weighted by Crippen LogP contribution is 2.44. The summed E-state index contributed by atoms with van der Waals surface area (Å²) in [7, 11) is 0. The Morgan fingerprint density at radius 2 is 1.68 bits per heavy atom. The Hall–Kier alpha value is -3.39. The summed E-state index contributed by atoms with van der Waals surface area (Å²) in [5.74, 6) is -2.05. The number of hydrogen-bond donors (Lipinski definition) is 3. The van der Waals surface area contributed by atoms with Crippen molar-refractivity contribution in [3.8, 4) is 11.1 Å². The number of nitrogens with one attached hydrogen (secondary N) is 1. The highest BCUT2D eigenvalue weighted by molar-refractivity contribution is 5.90. The molecule has 0 radical (unpaired) electrons. The van der Waals surface area contributed by atoms with Crippen LogP contribution in [0.4, 0.5) is 4.79 Å². The Kier molecular flexibility index (Phi) is 6.88. The Bertz CT molecular complexity index is 1040. The molecule has 8 nitrogen and oxygen atoms in total. The molecule has 3 N–H and O–H groups in total. The van der Waals surface area contributed by atoms with Gasteiger partial charge in [0.2, 0.25) is 5.91 Å². The number of carboxylic acid groups (broad SMARTS) is 1. The number of ether oxygens (including phenoxy) is 1. The molecule has 34 heavy (non-hydrogen) atoms. The standard InChI is InChI=1S/C26H30N2O6/c1-3-15(2)23(24(30)28-13-16(29)12-22(28)25(31)32)27-26(33)34-14-21-19-10-6-4-8-17(19)18-9-5-7-11-20(18)21/h4-11,15-16,21-23,29H,3,12-14H2,1-2H3,(H,27,33)(H,31,32)/t15?,16-,22+,23?/m1/s1. The summed E-state index contributed by atoms with van der Waals surface area (Å²) in [6, 6.07) is 14.0. The molecule has 2 aliphatic rings. The molecule has 1 aliphatic carbocycles. The Balaban J connectivity index is 1.46. The van der Waals surface area contributed by atoms with Crippen LogP contribution in [0.1, 0.15) is 43.7 Å². The first kappa shape index (κ1) is 23.8. The molecule has 2 unspecified atom stereocenters. The molecule has 2 aromatic rings. The predicted molar refractivity (Wildman–Crippen MR) is 125 cm³/mol. The minimum atomic E-state index is -1.17. The van der Waals surface area contributed by atoms with Gasteiger partial charge in [0, 0.05) is 18.9 Å². The lowest BCUT2D eigenvalue weighted by molar-refractivity contribution is -0.149. The van der Waals surface area contributed by atoms with E-state index in [1.54, 1.807) is 0 Å². The van der Waals surface area contributed by atoms with Crippen LogP contribution in [0.3, 0.4) is 0 Å². The van der Waals surface area contributed by atoms with Crippen molar-refractivity contribution in [3.05, 3.63) is 59.7 Å². The van der Waals surface area contributed by atoms with E-state index in [9.17, 15) is 24.6 Å². The second-order valence-electron chi connectivity index (χ2n) is 9.07. The number of fused-ring (bicyclic) bond motifs is 3. The smallest absolute Gasteiger partial charge is 0.407 e. The van der Waals surface area contributed by atoms with E-state index in [-0.39, 0.29) is 31.4 Å². The first-order chi connectivity index (χ1) is 16.3. The SMILES string of the molecule is CCC(C)C(NC(=O)OCC1c2ccccc2-c2ccccc21)C(=O)N1C[C@H](O)C[C@H]1C(=O)O. The zero-order valence-corrected chi connectivity index (χ0v) is 19.3. The van der Waals surface area contributed by atoms with E-state index < -0.39 is 36.2 Å². The molecule has 2 amide bonds. The summed E-state index contributed by atoms with van der Waals surface area (Å²) >= 11 is 0.